The maximum atomic E-state index is 10.2. The number of hydrogen-bond acceptors (Lipinski definition) is 3. The third-order valence-electron chi connectivity index (χ3n) is 1.24. The van der Waals surface area contributed by atoms with Crippen molar-refractivity contribution in [3.63, 3.8) is 0 Å². The van der Waals surface area contributed by atoms with E-state index in [-0.39, 0.29) is 0 Å². The molecule has 0 radical (unpaired) electrons. The molecule has 0 heterocycles. The quantitative estimate of drug-likeness (QED) is 0.655. The summed E-state index contributed by atoms with van der Waals surface area (Å²) in [5.41, 5.74) is 0.775. The lowest BCUT2D eigenvalue weighted by Crippen LogP contribution is -1.94. The van der Waals surface area contributed by atoms with E-state index in [1.807, 2.05) is 18.2 Å². The summed E-state index contributed by atoms with van der Waals surface area (Å²) in [5, 5.41) is -0.584. The topological polar surface area (TPSA) is 43.4 Å². The number of thiol groups is 1. The van der Waals surface area contributed by atoms with Crippen molar-refractivity contribution in [3.8, 4) is 0 Å². The van der Waals surface area contributed by atoms with Crippen molar-refractivity contribution in [1.29, 1.82) is 0 Å². The lowest BCUT2D eigenvalue weighted by atomic mass is 10.2. The van der Waals surface area contributed by atoms with Crippen LogP contribution in [0.1, 0.15) is 10.6 Å². The van der Waals surface area contributed by atoms with E-state index >= 15 is 0 Å². The third-order valence-corrected chi connectivity index (χ3v) is 2.63. The van der Waals surface area contributed by atoms with Crippen LogP contribution in [-0.4, -0.2) is 8.42 Å². The van der Waals surface area contributed by atoms with E-state index in [4.69, 9.17) is 0 Å². The number of hydrogen-bond donors (Lipinski definition) is 1. The molecule has 0 aliphatic carbocycles. The van der Waals surface area contributed by atoms with Crippen LogP contribution in [0.3, 0.4) is 0 Å². The van der Waals surface area contributed by atoms with Crippen molar-refractivity contribution in [1.82, 2.24) is 0 Å². The molecule has 0 bridgehead atoms. The van der Waals surface area contributed by atoms with E-state index < -0.39 is 16.0 Å². The molecule has 0 spiro atoms. The molecule has 66 valence electrons. The van der Waals surface area contributed by atoms with Gasteiger partial charge in [0.1, 0.15) is 0 Å². The SMILES string of the molecule is O=[SH](=O)OC(Br)c1ccccc1. The Balaban J connectivity index is 2.71. The van der Waals surface area contributed by atoms with Crippen LogP contribution in [0.25, 0.3) is 0 Å². The summed E-state index contributed by atoms with van der Waals surface area (Å²) < 4.78 is 24.8. The van der Waals surface area contributed by atoms with Gasteiger partial charge < -0.3 is 0 Å². The first kappa shape index (κ1) is 9.70. The van der Waals surface area contributed by atoms with Gasteiger partial charge in [-0.05, 0) is 5.56 Å². The van der Waals surface area contributed by atoms with Crippen LogP contribution in [0.4, 0.5) is 0 Å². The Hall–Kier alpha value is -0.390. The fraction of sp³-hybridized carbons (Fsp3) is 0.143. The smallest absolute Gasteiger partial charge is 0.252 e. The molecule has 1 aromatic rings. The molecule has 12 heavy (non-hydrogen) atoms. The maximum absolute atomic E-state index is 10.2. The zero-order chi connectivity index (χ0) is 8.97. The van der Waals surface area contributed by atoms with Gasteiger partial charge in [-0.2, -0.15) is 0 Å². The number of rotatable bonds is 3. The first-order valence-corrected chi connectivity index (χ1v) is 5.21. The summed E-state index contributed by atoms with van der Waals surface area (Å²) in [6.45, 7) is 0. The minimum atomic E-state index is -2.81. The molecule has 1 aromatic carbocycles. The standard InChI is InChI=1S/C7H7BrO3S/c8-7(11-12(9)10)6-4-2-1-3-5-6/h1-5,7,12H. The molecule has 0 saturated heterocycles. The Morgan fingerprint density at radius 2 is 1.83 bits per heavy atom. The molecule has 0 aliphatic rings. The van der Waals surface area contributed by atoms with Crippen LogP contribution in [0.2, 0.25) is 0 Å². The molecule has 0 fully saturated rings. The zero-order valence-electron chi connectivity index (χ0n) is 6.01. The molecule has 1 atom stereocenters. The van der Waals surface area contributed by atoms with Gasteiger partial charge in [0.15, 0.2) is 5.01 Å². The van der Waals surface area contributed by atoms with Crippen molar-refractivity contribution < 1.29 is 12.6 Å². The monoisotopic (exact) mass is 250 g/mol. The van der Waals surface area contributed by atoms with E-state index in [2.05, 4.69) is 20.1 Å². The average molecular weight is 251 g/mol. The van der Waals surface area contributed by atoms with Crippen LogP contribution in [0.15, 0.2) is 30.3 Å². The van der Waals surface area contributed by atoms with Gasteiger partial charge in [0.05, 0.1) is 0 Å². The molecule has 1 unspecified atom stereocenters. The lowest BCUT2D eigenvalue weighted by Gasteiger charge is -2.04. The Kier molecular flexibility index (Phi) is 3.71. The van der Waals surface area contributed by atoms with Gasteiger partial charge in [0.2, 0.25) is 0 Å². The molecular formula is C7H7BrO3S. The summed E-state index contributed by atoms with van der Waals surface area (Å²) in [4.78, 5) is 0. The molecule has 0 aliphatic heterocycles. The first-order chi connectivity index (χ1) is 5.70. The fourth-order valence-corrected chi connectivity index (χ4v) is 1.73. The number of halogens is 1. The van der Waals surface area contributed by atoms with Crippen LogP contribution in [0, 0.1) is 0 Å². The van der Waals surface area contributed by atoms with Gasteiger partial charge in [-0.1, -0.05) is 46.3 Å². The summed E-state index contributed by atoms with van der Waals surface area (Å²) >= 11 is 3.08. The highest BCUT2D eigenvalue weighted by molar-refractivity contribution is 9.09. The summed E-state index contributed by atoms with van der Waals surface area (Å²) in [7, 11) is -2.81. The van der Waals surface area contributed by atoms with Gasteiger partial charge in [-0.25, -0.2) is 8.42 Å². The van der Waals surface area contributed by atoms with Gasteiger partial charge in [0, 0.05) is 0 Å². The van der Waals surface area contributed by atoms with E-state index in [0.29, 0.717) is 0 Å². The molecule has 5 heteroatoms. The minimum absolute atomic E-state index is 0.584. The largest absolute Gasteiger partial charge is 0.258 e. The highest BCUT2D eigenvalue weighted by atomic mass is 79.9. The lowest BCUT2D eigenvalue weighted by molar-refractivity contribution is 0.319. The Labute approximate surface area is 80.6 Å². The molecule has 3 nitrogen and oxygen atoms in total. The van der Waals surface area contributed by atoms with Gasteiger partial charge >= 0.3 is 0 Å². The zero-order valence-corrected chi connectivity index (χ0v) is 8.49. The Morgan fingerprint density at radius 3 is 2.33 bits per heavy atom. The Morgan fingerprint density at radius 1 is 1.25 bits per heavy atom. The maximum Gasteiger partial charge on any atom is 0.258 e. The molecular weight excluding hydrogens is 244 g/mol. The number of alkyl halides is 1. The van der Waals surface area contributed by atoms with Gasteiger partial charge in [0.25, 0.3) is 11.0 Å². The molecule has 1 rings (SSSR count). The molecule has 0 aromatic heterocycles. The van der Waals surface area contributed by atoms with E-state index in [9.17, 15) is 8.42 Å². The molecule has 0 amide bonds. The Bertz CT molecular complexity index is 302. The van der Waals surface area contributed by atoms with Crippen LogP contribution < -0.4 is 0 Å². The van der Waals surface area contributed by atoms with Gasteiger partial charge in [-0.15, -0.1) is 0 Å². The summed E-state index contributed by atoms with van der Waals surface area (Å²) in [5.74, 6) is 0. The van der Waals surface area contributed by atoms with Crippen molar-refractivity contribution >= 4 is 26.9 Å². The second-order valence-electron chi connectivity index (χ2n) is 2.06. The normalized spacial score (nSPS) is 13.2. The second-order valence-corrected chi connectivity index (χ2v) is 3.55. The number of benzene rings is 1. The molecule has 0 N–H and O–H groups in total. The first-order valence-electron chi connectivity index (χ1n) is 3.20. The van der Waals surface area contributed by atoms with Crippen LogP contribution >= 0.6 is 15.9 Å². The third kappa shape index (κ3) is 2.92. The van der Waals surface area contributed by atoms with Crippen molar-refractivity contribution in [3.05, 3.63) is 35.9 Å². The average Bonchev–Trinajstić information content (AvgIpc) is 2.05. The highest BCUT2D eigenvalue weighted by Gasteiger charge is 2.06. The van der Waals surface area contributed by atoms with Crippen molar-refractivity contribution in [2.75, 3.05) is 0 Å². The van der Waals surface area contributed by atoms with Crippen molar-refractivity contribution in [2.24, 2.45) is 0 Å². The fourth-order valence-electron chi connectivity index (χ4n) is 0.741. The van der Waals surface area contributed by atoms with Gasteiger partial charge in [-0.3, -0.25) is 4.18 Å². The van der Waals surface area contributed by atoms with Crippen LogP contribution in [0.5, 0.6) is 0 Å². The predicted octanol–water partition coefficient (Wildman–Crippen LogP) is 1.62. The van der Waals surface area contributed by atoms with E-state index in [1.54, 1.807) is 12.1 Å². The summed E-state index contributed by atoms with van der Waals surface area (Å²) in [6, 6.07) is 9.02. The van der Waals surface area contributed by atoms with E-state index in [1.165, 1.54) is 0 Å². The van der Waals surface area contributed by atoms with Crippen molar-refractivity contribution in [2.45, 2.75) is 5.01 Å². The second kappa shape index (κ2) is 4.59. The van der Waals surface area contributed by atoms with E-state index in [0.717, 1.165) is 5.56 Å². The summed E-state index contributed by atoms with van der Waals surface area (Å²) in [6.07, 6.45) is 0. The molecule has 0 saturated carbocycles. The van der Waals surface area contributed by atoms with Crippen LogP contribution in [-0.2, 0) is 15.2 Å². The predicted molar refractivity (Wildman–Crippen MR) is 49.5 cm³/mol. The minimum Gasteiger partial charge on any atom is -0.252 e. The highest BCUT2D eigenvalue weighted by Crippen LogP contribution is 2.23.